The van der Waals surface area contributed by atoms with Crippen LogP contribution in [0, 0.1) is 0 Å². The standard InChI is InChI=1S/C6H8S.C4H4S/c1-2-6-4-3-5-7-6;1-2-4-5-3-1/h3-5H,2H2,1H3;1-4H. The maximum Gasteiger partial charge on any atom is 0.00424 e. The smallest absolute Gasteiger partial charge is 0.00424 e. The molecule has 0 aliphatic heterocycles. The first-order valence-electron chi connectivity index (χ1n) is 3.93. The van der Waals surface area contributed by atoms with Crippen LogP contribution >= 0.6 is 22.7 Å². The van der Waals surface area contributed by atoms with Gasteiger partial charge in [0.05, 0.1) is 0 Å². The molecule has 0 amide bonds. The molecule has 0 fully saturated rings. The molecule has 2 aromatic rings. The van der Waals surface area contributed by atoms with Crippen LogP contribution in [0.1, 0.15) is 11.8 Å². The Kier molecular flexibility index (Phi) is 4.73. The van der Waals surface area contributed by atoms with Gasteiger partial charge in [0.2, 0.25) is 0 Å². The van der Waals surface area contributed by atoms with Crippen molar-refractivity contribution >= 4 is 22.7 Å². The molecule has 2 heteroatoms. The minimum Gasteiger partial charge on any atom is -0.152 e. The molecule has 2 aromatic heterocycles. The summed E-state index contributed by atoms with van der Waals surface area (Å²) in [7, 11) is 0. The Hall–Kier alpha value is -0.600. The van der Waals surface area contributed by atoms with Crippen LogP contribution in [-0.2, 0) is 6.42 Å². The third-order valence-corrected chi connectivity index (χ3v) is 3.00. The van der Waals surface area contributed by atoms with Gasteiger partial charge in [-0.05, 0) is 28.6 Å². The van der Waals surface area contributed by atoms with E-state index in [1.165, 1.54) is 11.3 Å². The Balaban J connectivity index is 0.000000127. The molecule has 0 aliphatic rings. The summed E-state index contributed by atoms with van der Waals surface area (Å²) < 4.78 is 0. The van der Waals surface area contributed by atoms with Gasteiger partial charge in [0, 0.05) is 4.88 Å². The molecule has 0 spiro atoms. The lowest BCUT2D eigenvalue weighted by molar-refractivity contribution is 1.19. The molecule has 2 heterocycles. The van der Waals surface area contributed by atoms with E-state index < -0.39 is 0 Å². The predicted octanol–water partition coefficient (Wildman–Crippen LogP) is 4.06. The highest BCUT2D eigenvalue weighted by atomic mass is 32.1. The van der Waals surface area contributed by atoms with Crippen LogP contribution < -0.4 is 0 Å². The first-order chi connectivity index (χ1) is 5.93. The SMILES string of the molecule is CCc1cccs1.c1ccsc1. The molecule has 0 aliphatic carbocycles. The summed E-state index contributed by atoms with van der Waals surface area (Å²) in [5.74, 6) is 0. The van der Waals surface area contributed by atoms with Crippen molar-refractivity contribution in [3.8, 4) is 0 Å². The average Bonchev–Trinajstić information content (AvgIpc) is 2.81. The van der Waals surface area contributed by atoms with Gasteiger partial charge >= 0.3 is 0 Å². The largest absolute Gasteiger partial charge is 0.152 e. The summed E-state index contributed by atoms with van der Waals surface area (Å²) in [6.45, 7) is 2.17. The fourth-order valence-corrected chi connectivity index (χ4v) is 1.85. The van der Waals surface area contributed by atoms with Gasteiger partial charge in [0.25, 0.3) is 0 Å². The number of hydrogen-bond donors (Lipinski definition) is 0. The Morgan fingerprint density at radius 2 is 1.83 bits per heavy atom. The van der Waals surface area contributed by atoms with E-state index in [0.29, 0.717) is 0 Å². The fraction of sp³-hybridized carbons (Fsp3) is 0.200. The van der Waals surface area contributed by atoms with E-state index in [4.69, 9.17) is 0 Å². The Morgan fingerprint density at radius 3 is 2.08 bits per heavy atom. The summed E-state index contributed by atoms with van der Waals surface area (Å²) in [4.78, 5) is 1.47. The Morgan fingerprint density at radius 1 is 1.08 bits per heavy atom. The molecule has 0 bridgehead atoms. The van der Waals surface area contributed by atoms with Gasteiger partial charge in [-0.25, -0.2) is 0 Å². The van der Waals surface area contributed by atoms with Crippen LogP contribution in [0.2, 0.25) is 0 Å². The van der Waals surface area contributed by atoms with Crippen molar-refractivity contribution in [2.45, 2.75) is 13.3 Å². The highest BCUT2D eigenvalue weighted by Gasteiger charge is 1.82. The summed E-state index contributed by atoms with van der Waals surface area (Å²) in [5.41, 5.74) is 0. The van der Waals surface area contributed by atoms with Crippen molar-refractivity contribution < 1.29 is 0 Å². The molecule has 64 valence electrons. The lowest BCUT2D eigenvalue weighted by atomic mass is 10.4. The average molecular weight is 196 g/mol. The molecule has 0 N–H and O–H groups in total. The second kappa shape index (κ2) is 5.98. The summed E-state index contributed by atoms with van der Waals surface area (Å²) in [5, 5.41) is 6.19. The second-order valence-corrected chi connectivity index (χ2v) is 4.07. The Labute approximate surface area is 81.5 Å². The van der Waals surface area contributed by atoms with Crippen LogP contribution in [-0.4, -0.2) is 0 Å². The molecule has 0 saturated heterocycles. The predicted molar refractivity (Wildman–Crippen MR) is 58.0 cm³/mol. The van der Waals surface area contributed by atoms with Gasteiger partial charge in [0.1, 0.15) is 0 Å². The lowest BCUT2D eigenvalue weighted by Gasteiger charge is -1.78. The van der Waals surface area contributed by atoms with Crippen molar-refractivity contribution in [1.82, 2.24) is 0 Å². The van der Waals surface area contributed by atoms with E-state index in [-0.39, 0.29) is 0 Å². The quantitative estimate of drug-likeness (QED) is 0.645. The molecule has 0 unspecified atom stereocenters. The highest BCUT2D eigenvalue weighted by Crippen LogP contribution is 2.07. The minimum absolute atomic E-state index is 1.18. The van der Waals surface area contributed by atoms with Gasteiger partial charge < -0.3 is 0 Å². The first kappa shape index (κ1) is 9.49. The minimum atomic E-state index is 1.18. The number of aryl methyl sites for hydroxylation is 1. The van der Waals surface area contributed by atoms with E-state index in [9.17, 15) is 0 Å². The van der Waals surface area contributed by atoms with Crippen molar-refractivity contribution in [1.29, 1.82) is 0 Å². The zero-order valence-corrected chi connectivity index (χ0v) is 8.70. The summed E-state index contributed by atoms with van der Waals surface area (Å²) in [6.07, 6.45) is 1.18. The first-order valence-corrected chi connectivity index (χ1v) is 5.75. The number of thiophene rings is 2. The van der Waals surface area contributed by atoms with E-state index in [2.05, 4.69) is 24.4 Å². The molecule has 0 nitrogen and oxygen atoms in total. The molecule has 2 rings (SSSR count). The maximum atomic E-state index is 2.17. The number of hydrogen-bond acceptors (Lipinski definition) is 2. The molecule has 0 saturated carbocycles. The molecular weight excluding hydrogens is 184 g/mol. The molecule has 12 heavy (non-hydrogen) atoms. The second-order valence-electron chi connectivity index (χ2n) is 2.23. The van der Waals surface area contributed by atoms with Crippen molar-refractivity contribution in [3.63, 3.8) is 0 Å². The third kappa shape index (κ3) is 3.69. The Bertz CT molecular complexity index is 239. The normalized spacial score (nSPS) is 8.75. The van der Waals surface area contributed by atoms with Gasteiger partial charge in [-0.15, -0.1) is 11.3 Å². The van der Waals surface area contributed by atoms with Crippen molar-refractivity contribution in [2.75, 3.05) is 0 Å². The van der Waals surface area contributed by atoms with Crippen LogP contribution in [0.3, 0.4) is 0 Å². The molecule has 0 atom stereocenters. The van der Waals surface area contributed by atoms with Crippen LogP contribution in [0.4, 0.5) is 0 Å². The van der Waals surface area contributed by atoms with Crippen LogP contribution in [0.15, 0.2) is 40.4 Å². The molecular formula is C10H12S2. The van der Waals surface area contributed by atoms with Gasteiger partial charge in [-0.3, -0.25) is 0 Å². The van der Waals surface area contributed by atoms with E-state index in [1.54, 1.807) is 11.3 Å². The summed E-state index contributed by atoms with van der Waals surface area (Å²) in [6, 6.07) is 8.28. The highest BCUT2D eigenvalue weighted by molar-refractivity contribution is 7.09. The lowest BCUT2D eigenvalue weighted by Crippen LogP contribution is -1.63. The number of rotatable bonds is 1. The molecule has 0 aromatic carbocycles. The topological polar surface area (TPSA) is 0 Å². The maximum absolute atomic E-state index is 2.17. The monoisotopic (exact) mass is 196 g/mol. The van der Waals surface area contributed by atoms with Gasteiger partial charge in [-0.1, -0.05) is 25.1 Å². The van der Waals surface area contributed by atoms with Crippen molar-refractivity contribution in [2.24, 2.45) is 0 Å². The van der Waals surface area contributed by atoms with Crippen LogP contribution in [0.25, 0.3) is 0 Å². The van der Waals surface area contributed by atoms with E-state index >= 15 is 0 Å². The summed E-state index contributed by atoms with van der Waals surface area (Å²) >= 11 is 3.54. The van der Waals surface area contributed by atoms with Gasteiger partial charge in [-0.2, -0.15) is 11.3 Å². The van der Waals surface area contributed by atoms with Crippen LogP contribution in [0.5, 0.6) is 0 Å². The third-order valence-electron chi connectivity index (χ3n) is 1.35. The van der Waals surface area contributed by atoms with E-state index in [0.717, 1.165) is 0 Å². The van der Waals surface area contributed by atoms with E-state index in [1.807, 2.05) is 34.2 Å². The van der Waals surface area contributed by atoms with Crippen molar-refractivity contribution in [3.05, 3.63) is 45.3 Å². The zero-order chi connectivity index (χ0) is 8.65. The zero-order valence-electron chi connectivity index (χ0n) is 7.07. The molecule has 0 radical (unpaired) electrons. The van der Waals surface area contributed by atoms with Gasteiger partial charge in [0.15, 0.2) is 0 Å². The fourth-order valence-electron chi connectivity index (χ4n) is 0.741.